The van der Waals surface area contributed by atoms with Gasteiger partial charge in [-0.3, -0.25) is 0 Å². The number of rotatable bonds is 4. The number of carboxylic acid groups (broad SMARTS) is 1. The molecule has 2 N–H and O–H groups in total. The van der Waals surface area contributed by atoms with Crippen molar-refractivity contribution < 1.29 is 18.3 Å². The van der Waals surface area contributed by atoms with E-state index >= 15 is 0 Å². The molecule has 2 rings (SSSR count). The minimum Gasteiger partial charge on any atom is -0.477 e. The molecular formula is C11H15NO4S2. The van der Waals surface area contributed by atoms with Gasteiger partial charge in [-0.2, -0.15) is 0 Å². The van der Waals surface area contributed by atoms with Crippen molar-refractivity contribution in [1.82, 2.24) is 5.32 Å². The summed E-state index contributed by atoms with van der Waals surface area (Å²) in [6.45, 7) is 2.40. The third kappa shape index (κ3) is 3.09. The van der Waals surface area contributed by atoms with Crippen LogP contribution >= 0.6 is 11.3 Å². The maximum atomic E-state index is 11.3. The highest BCUT2D eigenvalue weighted by molar-refractivity contribution is 7.91. The van der Waals surface area contributed by atoms with Gasteiger partial charge in [0.05, 0.1) is 11.5 Å². The van der Waals surface area contributed by atoms with Gasteiger partial charge in [0.1, 0.15) is 4.88 Å². The van der Waals surface area contributed by atoms with Crippen molar-refractivity contribution in [2.75, 3.05) is 11.5 Å². The molecule has 0 bridgehead atoms. The van der Waals surface area contributed by atoms with E-state index in [1.807, 2.05) is 6.92 Å². The third-order valence-corrected chi connectivity index (χ3v) is 5.89. The van der Waals surface area contributed by atoms with Gasteiger partial charge in [0.2, 0.25) is 0 Å². The molecule has 0 spiro atoms. The molecule has 1 saturated heterocycles. The van der Waals surface area contributed by atoms with Gasteiger partial charge in [-0.05, 0) is 25.0 Å². The number of sulfone groups is 1. The number of hydrogen-bond acceptors (Lipinski definition) is 5. The predicted octanol–water partition coefficient (Wildman–Crippen LogP) is 1.03. The van der Waals surface area contributed by atoms with Crippen molar-refractivity contribution in [2.24, 2.45) is 0 Å². The molecule has 1 unspecified atom stereocenters. The normalized spacial score (nSPS) is 22.2. The second kappa shape index (κ2) is 4.99. The van der Waals surface area contributed by atoms with E-state index < -0.39 is 15.8 Å². The zero-order valence-corrected chi connectivity index (χ0v) is 11.6. The SMILES string of the molecule is Cc1sc(C(=O)O)cc1CNC1CCS(=O)(=O)C1. The first-order chi connectivity index (χ1) is 8.37. The van der Waals surface area contributed by atoms with Crippen LogP contribution in [0.15, 0.2) is 6.07 Å². The summed E-state index contributed by atoms with van der Waals surface area (Å²) in [4.78, 5) is 12.1. The lowest BCUT2D eigenvalue weighted by atomic mass is 10.2. The van der Waals surface area contributed by atoms with Gasteiger partial charge in [-0.25, -0.2) is 13.2 Å². The van der Waals surface area contributed by atoms with Gasteiger partial charge < -0.3 is 10.4 Å². The molecule has 1 aromatic rings. The first kappa shape index (κ1) is 13.5. The largest absolute Gasteiger partial charge is 0.477 e. The molecule has 0 saturated carbocycles. The first-order valence-corrected chi connectivity index (χ1v) is 8.27. The fraction of sp³-hybridized carbons (Fsp3) is 0.545. The van der Waals surface area contributed by atoms with E-state index in [9.17, 15) is 13.2 Å². The van der Waals surface area contributed by atoms with Gasteiger partial charge in [-0.1, -0.05) is 0 Å². The molecule has 1 fully saturated rings. The van der Waals surface area contributed by atoms with Gasteiger partial charge >= 0.3 is 5.97 Å². The van der Waals surface area contributed by atoms with E-state index in [0.29, 0.717) is 17.8 Å². The lowest BCUT2D eigenvalue weighted by Gasteiger charge is -2.09. The lowest BCUT2D eigenvalue weighted by molar-refractivity contribution is 0.0702. The van der Waals surface area contributed by atoms with Gasteiger partial charge in [0.15, 0.2) is 9.84 Å². The molecule has 1 aliphatic rings. The van der Waals surface area contributed by atoms with Crippen LogP contribution in [-0.4, -0.2) is 37.0 Å². The van der Waals surface area contributed by atoms with E-state index in [1.54, 1.807) is 6.07 Å². The number of aryl methyl sites for hydroxylation is 1. The van der Waals surface area contributed by atoms with Crippen LogP contribution in [0.25, 0.3) is 0 Å². The molecule has 1 aliphatic heterocycles. The third-order valence-electron chi connectivity index (χ3n) is 3.04. The van der Waals surface area contributed by atoms with Crippen molar-refractivity contribution in [3.05, 3.63) is 21.4 Å². The van der Waals surface area contributed by atoms with Crippen LogP contribution in [-0.2, 0) is 16.4 Å². The summed E-state index contributed by atoms with van der Waals surface area (Å²) in [5.41, 5.74) is 0.932. The van der Waals surface area contributed by atoms with E-state index in [4.69, 9.17) is 5.11 Å². The van der Waals surface area contributed by atoms with Crippen LogP contribution in [0.2, 0.25) is 0 Å². The molecule has 1 aromatic heterocycles. The van der Waals surface area contributed by atoms with Crippen LogP contribution < -0.4 is 5.32 Å². The number of aromatic carboxylic acids is 1. The standard InChI is InChI=1S/C11H15NO4S2/c1-7-8(4-10(17-7)11(13)14)5-12-9-2-3-18(15,16)6-9/h4,9,12H,2-3,5-6H2,1H3,(H,13,14). The van der Waals surface area contributed by atoms with Gasteiger partial charge in [0, 0.05) is 17.5 Å². The summed E-state index contributed by atoms with van der Waals surface area (Å²) in [5, 5.41) is 12.1. The Morgan fingerprint density at radius 3 is 2.83 bits per heavy atom. The highest BCUT2D eigenvalue weighted by atomic mass is 32.2. The van der Waals surface area contributed by atoms with E-state index in [0.717, 1.165) is 10.4 Å². The molecule has 0 amide bonds. The van der Waals surface area contributed by atoms with Crippen molar-refractivity contribution >= 4 is 27.1 Å². The Bertz CT molecular complexity index is 562. The monoisotopic (exact) mass is 289 g/mol. The number of nitrogens with one attached hydrogen (secondary N) is 1. The van der Waals surface area contributed by atoms with Crippen LogP contribution in [0.5, 0.6) is 0 Å². The number of carboxylic acids is 1. The van der Waals surface area contributed by atoms with Crippen LogP contribution in [0.3, 0.4) is 0 Å². The molecule has 18 heavy (non-hydrogen) atoms. The van der Waals surface area contributed by atoms with Crippen LogP contribution in [0, 0.1) is 6.92 Å². The lowest BCUT2D eigenvalue weighted by Crippen LogP contribution is -2.29. The summed E-state index contributed by atoms with van der Waals surface area (Å²) in [6.07, 6.45) is 0.636. The highest BCUT2D eigenvalue weighted by Crippen LogP contribution is 2.22. The Hall–Kier alpha value is -0.920. The number of hydrogen-bond donors (Lipinski definition) is 2. The Balaban J connectivity index is 1.97. The molecule has 0 radical (unpaired) electrons. The minimum atomic E-state index is -2.87. The molecule has 7 heteroatoms. The second-order valence-electron chi connectivity index (χ2n) is 4.48. The average Bonchev–Trinajstić information content (AvgIpc) is 2.79. The van der Waals surface area contributed by atoms with Crippen molar-refractivity contribution in [3.63, 3.8) is 0 Å². The average molecular weight is 289 g/mol. The van der Waals surface area contributed by atoms with Crippen LogP contribution in [0.4, 0.5) is 0 Å². The Morgan fingerprint density at radius 1 is 1.61 bits per heavy atom. The maximum absolute atomic E-state index is 11.3. The summed E-state index contributed by atoms with van der Waals surface area (Å²) in [7, 11) is -2.87. The summed E-state index contributed by atoms with van der Waals surface area (Å²) < 4.78 is 22.6. The van der Waals surface area contributed by atoms with Gasteiger partial charge in [0.25, 0.3) is 0 Å². The van der Waals surface area contributed by atoms with E-state index in [2.05, 4.69) is 5.32 Å². The Kier molecular flexibility index (Phi) is 3.74. The molecule has 1 atom stereocenters. The summed E-state index contributed by atoms with van der Waals surface area (Å²) in [6, 6.07) is 1.64. The summed E-state index contributed by atoms with van der Waals surface area (Å²) >= 11 is 1.25. The second-order valence-corrected chi connectivity index (χ2v) is 7.96. The van der Waals surface area contributed by atoms with Crippen LogP contribution in [0.1, 0.15) is 26.5 Å². The first-order valence-electron chi connectivity index (χ1n) is 5.64. The molecule has 0 aliphatic carbocycles. The Morgan fingerprint density at radius 2 is 2.33 bits per heavy atom. The molecule has 2 heterocycles. The van der Waals surface area contributed by atoms with Crippen molar-refractivity contribution in [3.8, 4) is 0 Å². The fourth-order valence-electron chi connectivity index (χ4n) is 2.01. The minimum absolute atomic E-state index is 0.0115. The molecule has 100 valence electrons. The summed E-state index contributed by atoms with van der Waals surface area (Å²) in [5.74, 6) is -0.492. The quantitative estimate of drug-likeness (QED) is 0.865. The van der Waals surface area contributed by atoms with Crippen molar-refractivity contribution in [2.45, 2.75) is 25.9 Å². The Labute approximate surface area is 110 Å². The highest BCUT2D eigenvalue weighted by Gasteiger charge is 2.27. The molecule has 0 aromatic carbocycles. The van der Waals surface area contributed by atoms with Crippen molar-refractivity contribution in [1.29, 1.82) is 0 Å². The topological polar surface area (TPSA) is 83.5 Å². The fourth-order valence-corrected chi connectivity index (χ4v) is 4.60. The number of thiophene rings is 1. The molecule has 5 nitrogen and oxygen atoms in total. The molecular weight excluding hydrogens is 274 g/mol. The smallest absolute Gasteiger partial charge is 0.345 e. The maximum Gasteiger partial charge on any atom is 0.345 e. The zero-order valence-electron chi connectivity index (χ0n) is 9.97. The number of carbonyl (C=O) groups is 1. The predicted molar refractivity (Wildman–Crippen MR) is 69.9 cm³/mol. The van der Waals surface area contributed by atoms with E-state index in [-0.39, 0.29) is 17.5 Å². The van der Waals surface area contributed by atoms with E-state index in [1.165, 1.54) is 11.3 Å². The van der Waals surface area contributed by atoms with Gasteiger partial charge in [-0.15, -0.1) is 11.3 Å². The zero-order chi connectivity index (χ0) is 13.3.